The van der Waals surface area contributed by atoms with Crippen LogP contribution in [0.5, 0.6) is 0 Å². The van der Waals surface area contributed by atoms with Crippen molar-refractivity contribution in [3.05, 3.63) is 0 Å². The second-order valence-corrected chi connectivity index (χ2v) is 9.43. The fourth-order valence-electron chi connectivity index (χ4n) is 5.92. The van der Waals surface area contributed by atoms with E-state index in [1.54, 1.807) is 0 Å². The van der Waals surface area contributed by atoms with Gasteiger partial charge in [0.2, 0.25) is 0 Å². The molecule has 2 aliphatic heterocycles. The molecule has 4 aliphatic rings. The van der Waals surface area contributed by atoms with Crippen molar-refractivity contribution < 1.29 is 18.8 Å². The molecule has 23 heavy (non-hydrogen) atoms. The second kappa shape index (κ2) is 4.72. The highest BCUT2D eigenvalue weighted by atomic mass is 16.7. The smallest absolute Gasteiger partial charge is 0.315 e. The molecule has 130 valence electrons. The quantitative estimate of drug-likeness (QED) is 0.455. The summed E-state index contributed by atoms with van der Waals surface area (Å²) in [7, 11) is 4.44. The highest BCUT2D eigenvalue weighted by Gasteiger charge is 2.77. The lowest BCUT2D eigenvalue weighted by Gasteiger charge is -2.50. The van der Waals surface area contributed by atoms with E-state index in [1.807, 2.05) is 0 Å². The van der Waals surface area contributed by atoms with Crippen LogP contribution in [0.25, 0.3) is 0 Å². The predicted octanol–water partition coefficient (Wildman–Crippen LogP) is 2.61. The third kappa shape index (κ3) is 2.07. The maximum Gasteiger partial charge on any atom is 0.315 e. The van der Waals surface area contributed by atoms with Crippen LogP contribution in [0.4, 0.5) is 0 Å². The Kier molecular flexibility index (Phi) is 3.26. The van der Waals surface area contributed by atoms with Crippen molar-refractivity contribution in [3.63, 3.8) is 0 Å². The number of carbonyl (C=O) groups excluding carboxylic acids is 1. The monoisotopic (exact) mass is 322 g/mol. The van der Waals surface area contributed by atoms with E-state index >= 15 is 0 Å². The Balaban J connectivity index is 1.70. The molecule has 0 N–H and O–H groups in total. The van der Waals surface area contributed by atoms with E-state index < -0.39 is 0 Å². The van der Waals surface area contributed by atoms with Crippen LogP contribution in [0.1, 0.15) is 46.5 Å². The molecule has 0 amide bonds. The number of rotatable bonds is 3. The first-order chi connectivity index (χ1) is 10.7. The Labute approximate surface area is 140 Å². The third-order valence-electron chi connectivity index (χ3n) is 7.64. The standard InChI is InChI=1S/C19H32NO3/c1-6-20(4,5)11-13-15-8-7-12(2)14-9-10-18(3)17(23-18)19(14,15)22-16(13)21/h12-15,17H,6-11H2,1-5H3/q+1/t12-,13+,14+,15+,17-,18-,19-/m1/s1. The van der Waals surface area contributed by atoms with Gasteiger partial charge in [-0.2, -0.15) is 0 Å². The Bertz CT molecular complexity index is 533. The van der Waals surface area contributed by atoms with Gasteiger partial charge in [-0.15, -0.1) is 0 Å². The maximum absolute atomic E-state index is 12.9. The van der Waals surface area contributed by atoms with Gasteiger partial charge in [0.05, 0.1) is 32.8 Å². The molecule has 0 aromatic rings. The molecule has 4 fully saturated rings. The zero-order valence-electron chi connectivity index (χ0n) is 15.3. The van der Waals surface area contributed by atoms with Crippen LogP contribution in [0.15, 0.2) is 0 Å². The fourth-order valence-corrected chi connectivity index (χ4v) is 5.92. The average molecular weight is 322 g/mol. The summed E-state index contributed by atoms with van der Waals surface area (Å²) in [4.78, 5) is 12.9. The molecule has 4 heteroatoms. The first-order valence-corrected chi connectivity index (χ1v) is 9.46. The number of esters is 1. The summed E-state index contributed by atoms with van der Waals surface area (Å²) in [6, 6.07) is 0. The van der Waals surface area contributed by atoms with Crippen molar-refractivity contribution in [2.45, 2.75) is 63.8 Å². The van der Waals surface area contributed by atoms with E-state index in [-0.39, 0.29) is 29.2 Å². The molecule has 0 radical (unpaired) electrons. The van der Waals surface area contributed by atoms with Crippen molar-refractivity contribution in [2.24, 2.45) is 23.7 Å². The minimum atomic E-state index is -0.319. The van der Waals surface area contributed by atoms with E-state index in [0.717, 1.165) is 36.8 Å². The van der Waals surface area contributed by atoms with Gasteiger partial charge in [-0.3, -0.25) is 4.79 Å². The Hall–Kier alpha value is -0.610. The molecular weight excluding hydrogens is 290 g/mol. The van der Waals surface area contributed by atoms with Crippen molar-refractivity contribution in [1.82, 2.24) is 0 Å². The van der Waals surface area contributed by atoms with Gasteiger partial charge >= 0.3 is 5.97 Å². The second-order valence-electron chi connectivity index (χ2n) is 9.43. The Morgan fingerprint density at radius 3 is 2.65 bits per heavy atom. The topological polar surface area (TPSA) is 38.8 Å². The number of epoxide rings is 1. The van der Waals surface area contributed by atoms with E-state index in [0.29, 0.717) is 17.8 Å². The van der Waals surface area contributed by atoms with Crippen LogP contribution in [0.3, 0.4) is 0 Å². The van der Waals surface area contributed by atoms with Crippen LogP contribution in [0.2, 0.25) is 0 Å². The van der Waals surface area contributed by atoms with Crippen molar-refractivity contribution >= 4 is 5.97 Å². The molecule has 1 spiro atoms. The van der Waals surface area contributed by atoms with Gasteiger partial charge in [-0.05, 0) is 45.4 Å². The van der Waals surface area contributed by atoms with Gasteiger partial charge in [0.25, 0.3) is 0 Å². The Morgan fingerprint density at radius 2 is 1.96 bits per heavy atom. The average Bonchev–Trinajstić information content (AvgIpc) is 3.11. The predicted molar refractivity (Wildman–Crippen MR) is 87.7 cm³/mol. The Morgan fingerprint density at radius 1 is 1.22 bits per heavy atom. The normalized spacial score (nSPS) is 51.5. The SMILES string of the molecule is CC[N+](C)(C)C[C@@H]1C(=O)O[C@@]23[C@@H](CC[C@@]4(C)O[C@@H]24)[C@H](C)CC[C@@H]13. The first kappa shape index (κ1) is 15.9. The molecule has 7 atom stereocenters. The van der Waals surface area contributed by atoms with Crippen molar-refractivity contribution in [2.75, 3.05) is 27.2 Å². The van der Waals surface area contributed by atoms with Gasteiger partial charge in [-0.25, -0.2) is 0 Å². The van der Waals surface area contributed by atoms with Crippen LogP contribution in [-0.2, 0) is 14.3 Å². The van der Waals surface area contributed by atoms with Gasteiger partial charge in [0.1, 0.15) is 17.6 Å². The molecule has 0 aromatic heterocycles. The van der Waals surface area contributed by atoms with Crippen molar-refractivity contribution in [1.29, 1.82) is 0 Å². The summed E-state index contributed by atoms with van der Waals surface area (Å²) < 4.78 is 13.3. The summed E-state index contributed by atoms with van der Waals surface area (Å²) in [5, 5.41) is 0. The molecule has 2 heterocycles. The van der Waals surface area contributed by atoms with E-state index in [2.05, 4.69) is 34.9 Å². The molecular formula is C19H32NO3+. The lowest BCUT2D eigenvalue weighted by molar-refractivity contribution is -0.891. The minimum absolute atomic E-state index is 0.0316. The van der Waals surface area contributed by atoms with E-state index in [1.165, 1.54) is 6.42 Å². The number of hydrogen-bond acceptors (Lipinski definition) is 3. The summed E-state index contributed by atoms with van der Waals surface area (Å²) in [5.41, 5.74) is -0.351. The number of nitrogens with zero attached hydrogens (tertiary/aromatic N) is 1. The van der Waals surface area contributed by atoms with Crippen LogP contribution in [0, 0.1) is 23.7 Å². The highest BCUT2D eigenvalue weighted by molar-refractivity contribution is 5.77. The van der Waals surface area contributed by atoms with E-state index in [9.17, 15) is 4.79 Å². The summed E-state index contributed by atoms with van der Waals surface area (Å²) >= 11 is 0. The molecule has 0 bridgehead atoms. The highest BCUT2D eigenvalue weighted by Crippen LogP contribution is 2.66. The number of ether oxygens (including phenoxy) is 2. The minimum Gasteiger partial charge on any atom is -0.455 e. The number of quaternary nitrogens is 1. The van der Waals surface area contributed by atoms with Crippen LogP contribution in [-0.4, -0.2) is 54.9 Å². The fraction of sp³-hybridized carbons (Fsp3) is 0.947. The summed E-state index contributed by atoms with van der Waals surface area (Å²) in [6.07, 6.45) is 4.77. The summed E-state index contributed by atoms with van der Waals surface area (Å²) in [5.74, 6) is 1.58. The molecule has 4 rings (SSSR count). The molecule has 4 nitrogen and oxygen atoms in total. The first-order valence-electron chi connectivity index (χ1n) is 9.46. The van der Waals surface area contributed by atoms with Crippen LogP contribution >= 0.6 is 0 Å². The molecule has 0 aromatic carbocycles. The lowest BCUT2D eigenvalue weighted by atomic mass is 9.55. The number of carbonyl (C=O) groups is 1. The molecule has 2 saturated carbocycles. The molecule has 2 saturated heterocycles. The third-order valence-corrected chi connectivity index (χ3v) is 7.64. The van der Waals surface area contributed by atoms with Crippen LogP contribution < -0.4 is 0 Å². The number of fused-ring (bicyclic) bond motifs is 1. The zero-order valence-corrected chi connectivity index (χ0v) is 15.3. The lowest BCUT2D eigenvalue weighted by Crippen LogP contribution is -2.59. The molecule has 0 unspecified atom stereocenters. The number of hydrogen-bond donors (Lipinski definition) is 0. The largest absolute Gasteiger partial charge is 0.455 e. The van der Waals surface area contributed by atoms with Gasteiger partial charge in [0, 0.05) is 11.8 Å². The van der Waals surface area contributed by atoms with Gasteiger partial charge in [-0.1, -0.05) is 6.92 Å². The maximum atomic E-state index is 12.9. The van der Waals surface area contributed by atoms with Gasteiger partial charge < -0.3 is 14.0 Å². The summed E-state index contributed by atoms with van der Waals surface area (Å²) in [6.45, 7) is 8.70. The zero-order chi connectivity index (χ0) is 16.6. The van der Waals surface area contributed by atoms with Crippen molar-refractivity contribution in [3.8, 4) is 0 Å². The molecule has 2 aliphatic carbocycles. The van der Waals surface area contributed by atoms with E-state index in [4.69, 9.17) is 9.47 Å². The van der Waals surface area contributed by atoms with Gasteiger partial charge in [0.15, 0.2) is 0 Å².